The van der Waals surface area contributed by atoms with E-state index in [1.807, 2.05) is 13.8 Å². The van der Waals surface area contributed by atoms with Gasteiger partial charge in [0.25, 0.3) is 5.91 Å². The lowest BCUT2D eigenvalue weighted by Crippen LogP contribution is -2.14. The Kier molecular flexibility index (Phi) is 3.92. The van der Waals surface area contributed by atoms with Gasteiger partial charge in [-0.3, -0.25) is 4.79 Å². The zero-order chi connectivity index (χ0) is 16.4. The van der Waals surface area contributed by atoms with Crippen LogP contribution in [0.4, 0.5) is 5.69 Å². The Morgan fingerprint density at radius 2 is 2.09 bits per heavy atom. The monoisotopic (exact) mass is 312 g/mol. The number of carbonyl (C=O) groups excluding carboxylic acids is 1. The molecule has 0 atom stereocenters. The molecule has 1 N–H and O–H groups in total. The van der Waals surface area contributed by atoms with Crippen molar-refractivity contribution in [2.24, 2.45) is 0 Å². The molecule has 7 nitrogen and oxygen atoms in total. The van der Waals surface area contributed by atoms with Crippen molar-refractivity contribution in [3.05, 3.63) is 42.2 Å². The minimum Gasteiger partial charge on any atom is -0.474 e. The highest BCUT2D eigenvalue weighted by Gasteiger charge is 2.11. The number of ether oxygens (including phenoxy) is 1. The third kappa shape index (κ3) is 3.45. The molecule has 0 aliphatic carbocycles. The Bertz CT molecular complexity index is 840. The van der Waals surface area contributed by atoms with E-state index >= 15 is 0 Å². The molecular formula is C16H16N4O3. The summed E-state index contributed by atoms with van der Waals surface area (Å²) in [7, 11) is 0. The highest BCUT2D eigenvalue weighted by molar-refractivity contribution is 6.03. The molecule has 0 saturated heterocycles. The van der Waals surface area contributed by atoms with Crippen LogP contribution in [0.25, 0.3) is 11.1 Å². The van der Waals surface area contributed by atoms with Gasteiger partial charge in [-0.15, -0.1) is 0 Å². The van der Waals surface area contributed by atoms with Gasteiger partial charge in [-0.1, -0.05) is 0 Å². The summed E-state index contributed by atoms with van der Waals surface area (Å²) >= 11 is 0. The van der Waals surface area contributed by atoms with Gasteiger partial charge in [0, 0.05) is 12.6 Å². The normalized spacial score (nSPS) is 11.0. The van der Waals surface area contributed by atoms with E-state index in [1.54, 1.807) is 25.1 Å². The third-order valence-electron chi connectivity index (χ3n) is 2.97. The van der Waals surface area contributed by atoms with Crippen LogP contribution >= 0.6 is 0 Å². The van der Waals surface area contributed by atoms with Crippen LogP contribution in [-0.4, -0.2) is 27.0 Å². The van der Waals surface area contributed by atoms with Crippen molar-refractivity contribution < 1.29 is 13.9 Å². The maximum atomic E-state index is 12.2. The largest absolute Gasteiger partial charge is 0.474 e. The van der Waals surface area contributed by atoms with Gasteiger partial charge in [0.1, 0.15) is 11.2 Å². The summed E-state index contributed by atoms with van der Waals surface area (Å²) in [5, 5.41) is 2.76. The van der Waals surface area contributed by atoms with Gasteiger partial charge < -0.3 is 14.5 Å². The topological polar surface area (TPSA) is 90.1 Å². The molecule has 7 heteroatoms. The number of aromatic nitrogens is 3. The van der Waals surface area contributed by atoms with E-state index in [0.717, 1.165) is 0 Å². The molecule has 0 fully saturated rings. The van der Waals surface area contributed by atoms with Crippen LogP contribution in [0.3, 0.4) is 0 Å². The highest BCUT2D eigenvalue weighted by Crippen LogP contribution is 2.20. The molecule has 118 valence electrons. The molecule has 0 spiro atoms. The number of hydrogen-bond acceptors (Lipinski definition) is 6. The summed E-state index contributed by atoms with van der Waals surface area (Å²) in [6.45, 7) is 5.56. The van der Waals surface area contributed by atoms with Crippen molar-refractivity contribution in [3.8, 4) is 5.88 Å². The Labute approximate surface area is 132 Å². The van der Waals surface area contributed by atoms with Crippen LogP contribution in [-0.2, 0) is 0 Å². The fourth-order valence-electron chi connectivity index (χ4n) is 2.05. The zero-order valence-corrected chi connectivity index (χ0v) is 13.0. The summed E-state index contributed by atoms with van der Waals surface area (Å²) in [4.78, 5) is 24.5. The van der Waals surface area contributed by atoms with Gasteiger partial charge >= 0.3 is 0 Å². The predicted molar refractivity (Wildman–Crippen MR) is 84.5 cm³/mol. The molecular weight excluding hydrogens is 296 g/mol. The second-order valence-electron chi connectivity index (χ2n) is 5.28. The van der Waals surface area contributed by atoms with E-state index in [9.17, 15) is 4.79 Å². The quantitative estimate of drug-likeness (QED) is 0.796. The molecule has 3 rings (SSSR count). The average molecular weight is 312 g/mol. The van der Waals surface area contributed by atoms with Crippen molar-refractivity contribution in [3.63, 3.8) is 0 Å². The van der Waals surface area contributed by atoms with Gasteiger partial charge in [0.15, 0.2) is 11.5 Å². The molecule has 1 amide bonds. The van der Waals surface area contributed by atoms with Crippen LogP contribution in [0.2, 0.25) is 0 Å². The number of oxazole rings is 1. The van der Waals surface area contributed by atoms with E-state index in [-0.39, 0.29) is 17.7 Å². The molecule has 2 aromatic heterocycles. The molecule has 0 unspecified atom stereocenters. The lowest BCUT2D eigenvalue weighted by molar-refractivity contribution is 0.102. The average Bonchev–Trinajstić information content (AvgIpc) is 2.86. The van der Waals surface area contributed by atoms with Crippen molar-refractivity contribution in [2.75, 3.05) is 5.32 Å². The summed E-state index contributed by atoms with van der Waals surface area (Å²) in [6.07, 6.45) is 2.81. The Hall–Kier alpha value is -2.96. The fourth-order valence-corrected chi connectivity index (χ4v) is 2.05. The standard InChI is InChI=1S/C16H16N4O3/c1-9(2)22-15-8-17-13(7-18-15)16(21)20-11-4-5-14-12(6-11)19-10(3)23-14/h4-9H,1-3H3,(H,20,21). The summed E-state index contributed by atoms with van der Waals surface area (Å²) < 4.78 is 10.8. The zero-order valence-electron chi connectivity index (χ0n) is 13.0. The van der Waals surface area contributed by atoms with E-state index in [1.165, 1.54) is 12.4 Å². The molecule has 23 heavy (non-hydrogen) atoms. The number of benzene rings is 1. The molecule has 1 aromatic carbocycles. The third-order valence-corrected chi connectivity index (χ3v) is 2.97. The van der Waals surface area contributed by atoms with Gasteiger partial charge in [0.2, 0.25) is 5.88 Å². The van der Waals surface area contributed by atoms with Crippen molar-refractivity contribution >= 4 is 22.7 Å². The van der Waals surface area contributed by atoms with E-state index < -0.39 is 0 Å². The van der Waals surface area contributed by atoms with Crippen molar-refractivity contribution in [2.45, 2.75) is 26.9 Å². The number of nitrogens with one attached hydrogen (secondary N) is 1. The Morgan fingerprint density at radius 1 is 1.26 bits per heavy atom. The van der Waals surface area contributed by atoms with Crippen LogP contribution in [0, 0.1) is 6.92 Å². The number of hydrogen-bond donors (Lipinski definition) is 1. The number of nitrogens with zero attached hydrogens (tertiary/aromatic N) is 3. The first-order valence-electron chi connectivity index (χ1n) is 7.18. The first-order valence-corrected chi connectivity index (χ1v) is 7.18. The van der Waals surface area contributed by atoms with Crippen LogP contribution in [0.15, 0.2) is 35.0 Å². The molecule has 0 bridgehead atoms. The molecule has 2 heterocycles. The summed E-state index contributed by atoms with van der Waals surface area (Å²) in [5.41, 5.74) is 2.18. The maximum Gasteiger partial charge on any atom is 0.275 e. The lowest BCUT2D eigenvalue weighted by atomic mass is 10.2. The number of anilines is 1. The maximum absolute atomic E-state index is 12.2. The van der Waals surface area contributed by atoms with E-state index in [4.69, 9.17) is 9.15 Å². The molecule has 0 saturated carbocycles. The van der Waals surface area contributed by atoms with Gasteiger partial charge in [0.05, 0.1) is 18.5 Å². The number of fused-ring (bicyclic) bond motifs is 1. The van der Waals surface area contributed by atoms with Crippen LogP contribution in [0.5, 0.6) is 5.88 Å². The fraction of sp³-hybridized carbons (Fsp3) is 0.250. The molecule has 3 aromatic rings. The first-order chi connectivity index (χ1) is 11.0. The van der Waals surface area contributed by atoms with Crippen LogP contribution < -0.4 is 10.1 Å². The minimum atomic E-state index is -0.354. The summed E-state index contributed by atoms with van der Waals surface area (Å²) in [5.74, 6) is 0.610. The number of carbonyl (C=O) groups is 1. The smallest absolute Gasteiger partial charge is 0.275 e. The minimum absolute atomic E-state index is 0.00150. The number of amides is 1. The number of rotatable bonds is 4. The lowest BCUT2D eigenvalue weighted by Gasteiger charge is -2.08. The van der Waals surface area contributed by atoms with E-state index in [0.29, 0.717) is 28.6 Å². The van der Waals surface area contributed by atoms with Crippen molar-refractivity contribution in [1.82, 2.24) is 15.0 Å². The second-order valence-corrected chi connectivity index (χ2v) is 5.28. The molecule has 0 radical (unpaired) electrons. The molecule has 0 aliphatic rings. The van der Waals surface area contributed by atoms with Crippen molar-refractivity contribution in [1.29, 1.82) is 0 Å². The Morgan fingerprint density at radius 3 is 2.78 bits per heavy atom. The first kappa shape index (κ1) is 15.0. The van der Waals surface area contributed by atoms with Gasteiger partial charge in [-0.25, -0.2) is 15.0 Å². The van der Waals surface area contributed by atoms with E-state index in [2.05, 4.69) is 20.3 Å². The highest BCUT2D eigenvalue weighted by atomic mass is 16.5. The summed E-state index contributed by atoms with van der Waals surface area (Å²) in [6, 6.07) is 5.25. The number of aryl methyl sites for hydroxylation is 1. The van der Waals surface area contributed by atoms with Gasteiger partial charge in [-0.2, -0.15) is 0 Å². The molecule has 0 aliphatic heterocycles. The Balaban J connectivity index is 1.74. The SMILES string of the molecule is Cc1nc2cc(NC(=O)c3cnc(OC(C)C)cn3)ccc2o1. The predicted octanol–water partition coefficient (Wildman–Crippen LogP) is 2.97. The van der Waals surface area contributed by atoms with Gasteiger partial charge in [-0.05, 0) is 32.0 Å². The second kappa shape index (κ2) is 6.04. The van der Waals surface area contributed by atoms with Crippen LogP contribution in [0.1, 0.15) is 30.2 Å².